The highest BCUT2D eigenvalue weighted by Gasteiger charge is 1.86. The van der Waals surface area contributed by atoms with Crippen LogP contribution in [0, 0.1) is 0 Å². The number of aliphatic hydroxyl groups is 2. The third-order valence-electron chi connectivity index (χ3n) is 0.644. The summed E-state index contributed by atoms with van der Waals surface area (Å²) in [7, 11) is 0. The highest BCUT2D eigenvalue weighted by atomic mass is 16.7. The Bertz CT molecular complexity index is 117. The maximum Gasteiger partial charge on any atom is 0.277 e. The van der Waals surface area contributed by atoms with Crippen LogP contribution in [0.5, 0.6) is 0 Å². The molecule has 12 heavy (non-hydrogen) atoms. The van der Waals surface area contributed by atoms with E-state index in [9.17, 15) is 0 Å². The number of ether oxygens (including phenoxy) is 2. The van der Waals surface area contributed by atoms with E-state index in [0.717, 1.165) is 13.2 Å². The molecule has 0 aliphatic carbocycles. The zero-order chi connectivity index (χ0) is 9.98. The van der Waals surface area contributed by atoms with E-state index in [0.29, 0.717) is 0 Å². The first-order valence-corrected chi connectivity index (χ1v) is 3.55. The van der Waals surface area contributed by atoms with Gasteiger partial charge in [-0.1, -0.05) is 0 Å². The van der Waals surface area contributed by atoms with Gasteiger partial charge in [0.25, 0.3) is 11.9 Å². The Morgan fingerprint density at radius 1 is 1.08 bits per heavy atom. The van der Waals surface area contributed by atoms with Crippen molar-refractivity contribution in [2.24, 2.45) is 0 Å². The Morgan fingerprint density at radius 2 is 1.42 bits per heavy atom. The van der Waals surface area contributed by atoms with E-state index in [4.69, 9.17) is 14.9 Å². The Balaban J connectivity index is 0. The summed E-state index contributed by atoms with van der Waals surface area (Å²) in [6.07, 6.45) is 0. The van der Waals surface area contributed by atoms with Crippen molar-refractivity contribution in [1.82, 2.24) is 0 Å². The van der Waals surface area contributed by atoms with Gasteiger partial charge >= 0.3 is 0 Å². The number of rotatable bonds is 4. The minimum Gasteiger partial charge on any atom is -0.481 e. The zero-order valence-corrected chi connectivity index (χ0v) is 7.54. The van der Waals surface area contributed by atoms with Gasteiger partial charge in [-0.2, -0.15) is 0 Å². The van der Waals surface area contributed by atoms with E-state index >= 15 is 0 Å². The molecule has 0 unspecified atom stereocenters. The Labute approximate surface area is 72.7 Å². The summed E-state index contributed by atoms with van der Waals surface area (Å²) >= 11 is 0. The van der Waals surface area contributed by atoms with Crippen LogP contribution in [-0.2, 0) is 9.47 Å². The zero-order valence-electron chi connectivity index (χ0n) is 7.54. The fourth-order valence-electron chi connectivity index (χ4n) is 0.340. The van der Waals surface area contributed by atoms with Crippen LogP contribution in [0.3, 0.4) is 0 Å². The third-order valence-corrected chi connectivity index (χ3v) is 0.644. The second-order valence-corrected chi connectivity index (χ2v) is 1.67. The third kappa shape index (κ3) is 23.2. The summed E-state index contributed by atoms with van der Waals surface area (Å²) < 4.78 is 8.81. The summed E-state index contributed by atoms with van der Waals surface area (Å²) in [6, 6.07) is 0. The van der Waals surface area contributed by atoms with Gasteiger partial charge in [0.2, 0.25) is 0 Å². The van der Waals surface area contributed by atoms with Crippen molar-refractivity contribution in [1.29, 1.82) is 0 Å². The fraction of sp³-hybridized carbons (Fsp3) is 0.500. The SMILES string of the molecule is C=C(O)OC(=C)O.CCOCC. The van der Waals surface area contributed by atoms with Gasteiger partial charge in [-0.3, -0.25) is 0 Å². The summed E-state index contributed by atoms with van der Waals surface area (Å²) in [5, 5.41) is 16.2. The lowest BCUT2D eigenvalue weighted by atomic mass is 10.8. The van der Waals surface area contributed by atoms with Crippen molar-refractivity contribution in [3.05, 3.63) is 25.0 Å². The Morgan fingerprint density at radius 3 is 1.42 bits per heavy atom. The second-order valence-electron chi connectivity index (χ2n) is 1.67. The molecule has 0 aromatic rings. The van der Waals surface area contributed by atoms with Gasteiger partial charge in [-0.15, -0.1) is 0 Å². The van der Waals surface area contributed by atoms with Crippen LogP contribution in [-0.4, -0.2) is 23.4 Å². The van der Waals surface area contributed by atoms with Crippen LogP contribution in [0.2, 0.25) is 0 Å². The van der Waals surface area contributed by atoms with Crippen molar-refractivity contribution >= 4 is 0 Å². The van der Waals surface area contributed by atoms with Crippen LogP contribution in [0.4, 0.5) is 0 Å². The molecule has 0 aliphatic heterocycles. The standard InChI is InChI=1S/C4H6O3.C4H10O/c1-3(5)7-4(2)6;1-3-5-4-2/h5-6H,1-2H2;3-4H2,1-2H3. The summed E-state index contributed by atoms with van der Waals surface area (Å²) in [6.45, 7) is 11.5. The van der Waals surface area contributed by atoms with Crippen LogP contribution < -0.4 is 0 Å². The van der Waals surface area contributed by atoms with Crippen LogP contribution in [0.25, 0.3) is 0 Å². The lowest BCUT2D eigenvalue weighted by molar-refractivity contribution is 0.0716. The lowest BCUT2D eigenvalue weighted by Gasteiger charge is -1.95. The van der Waals surface area contributed by atoms with E-state index in [1.165, 1.54) is 0 Å². The Kier molecular flexibility index (Phi) is 11.0. The molecule has 0 radical (unpaired) electrons. The van der Waals surface area contributed by atoms with Crippen LogP contribution in [0.15, 0.2) is 25.0 Å². The van der Waals surface area contributed by atoms with E-state index in [1.807, 2.05) is 13.8 Å². The molecule has 0 atom stereocenters. The van der Waals surface area contributed by atoms with Crippen LogP contribution >= 0.6 is 0 Å². The molecule has 4 nitrogen and oxygen atoms in total. The molecule has 0 aliphatic rings. The fourth-order valence-corrected chi connectivity index (χ4v) is 0.340. The van der Waals surface area contributed by atoms with Crippen molar-refractivity contribution in [3.8, 4) is 0 Å². The first kappa shape index (κ1) is 13.4. The molecule has 0 spiro atoms. The molecule has 2 N–H and O–H groups in total. The van der Waals surface area contributed by atoms with E-state index in [2.05, 4.69) is 17.9 Å². The molecule has 0 fully saturated rings. The minimum absolute atomic E-state index is 0.562. The highest BCUT2D eigenvalue weighted by Crippen LogP contribution is 1.91. The number of aliphatic hydroxyl groups excluding tert-OH is 2. The molecule has 72 valence electrons. The maximum atomic E-state index is 8.09. The molecular formula is C8H16O4. The molecule has 0 amide bonds. The predicted octanol–water partition coefficient (Wildman–Crippen LogP) is 2.10. The summed E-state index contributed by atoms with van der Waals surface area (Å²) in [4.78, 5) is 0. The predicted molar refractivity (Wildman–Crippen MR) is 46.8 cm³/mol. The van der Waals surface area contributed by atoms with Gasteiger partial charge < -0.3 is 19.7 Å². The van der Waals surface area contributed by atoms with Gasteiger partial charge in [0.05, 0.1) is 0 Å². The van der Waals surface area contributed by atoms with Gasteiger partial charge in [0.1, 0.15) is 0 Å². The summed E-state index contributed by atoms with van der Waals surface area (Å²) in [5.74, 6) is -1.12. The van der Waals surface area contributed by atoms with Crippen molar-refractivity contribution < 1.29 is 19.7 Å². The van der Waals surface area contributed by atoms with Gasteiger partial charge in [0, 0.05) is 13.2 Å². The normalized spacial score (nSPS) is 7.83. The maximum absolute atomic E-state index is 8.09. The molecule has 0 aromatic heterocycles. The second kappa shape index (κ2) is 9.84. The average Bonchev–Trinajstić information content (AvgIpc) is 1.87. The van der Waals surface area contributed by atoms with Crippen molar-refractivity contribution in [2.75, 3.05) is 13.2 Å². The monoisotopic (exact) mass is 176 g/mol. The molecule has 0 saturated heterocycles. The molecule has 0 bridgehead atoms. The first-order valence-electron chi connectivity index (χ1n) is 3.55. The molecular weight excluding hydrogens is 160 g/mol. The van der Waals surface area contributed by atoms with Gasteiger partial charge in [-0.05, 0) is 27.0 Å². The van der Waals surface area contributed by atoms with E-state index in [1.54, 1.807) is 0 Å². The summed E-state index contributed by atoms with van der Waals surface area (Å²) in [5.41, 5.74) is 0. The molecule has 0 heterocycles. The van der Waals surface area contributed by atoms with Crippen molar-refractivity contribution in [3.63, 3.8) is 0 Å². The topological polar surface area (TPSA) is 58.9 Å². The van der Waals surface area contributed by atoms with Gasteiger partial charge in [-0.25, -0.2) is 0 Å². The molecule has 0 aromatic carbocycles. The highest BCUT2D eigenvalue weighted by molar-refractivity contribution is 4.73. The van der Waals surface area contributed by atoms with Crippen molar-refractivity contribution in [2.45, 2.75) is 13.8 Å². The van der Waals surface area contributed by atoms with E-state index in [-0.39, 0.29) is 0 Å². The van der Waals surface area contributed by atoms with Crippen LogP contribution in [0.1, 0.15) is 13.8 Å². The minimum atomic E-state index is -0.562. The lowest BCUT2D eigenvalue weighted by Crippen LogP contribution is -1.85. The molecule has 0 rings (SSSR count). The molecule has 4 heteroatoms. The average molecular weight is 176 g/mol. The number of hydrogen-bond donors (Lipinski definition) is 2. The first-order chi connectivity index (χ1) is 5.54. The Hall–Kier alpha value is -1.16. The largest absolute Gasteiger partial charge is 0.481 e. The smallest absolute Gasteiger partial charge is 0.277 e. The van der Waals surface area contributed by atoms with E-state index < -0.39 is 11.9 Å². The quantitative estimate of drug-likeness (QED) is 0.644. The molecule has 0 saturated carbocycles. The van der Waals surface area contributed by atoms with Gasteiger partial charge in [0.15, 0.2) is 0 Å². The number of hydrogen-bond acceptors (Lipinski definition) is 4.